The smallest absolute Gasteiger partial charge is 0.269 e. The van der Waals surface area contributed by atoms with Crippen molar-refractivity contribution in [1.29, 1.82) is 0 Å². The number of benzene rings is 4. The van der Waals surface area contributed by atoms with Gasteiger partial charge in [-0.2, -0.15) is 0 Å². The van der Waals surface area contributed by atoms with Gasteiger partial charge >= 0.3 is 0 Å². The number of aromatic nitrogens is 1. The third kappa shape index (κ3) is 6.85. The molecule has 5 aromatic rings. The minimum atomic E-state index is -0.454. The topological polar surface area (TPSA) is 110 Å². The summed E-state index contributed by atoms with van der Waals surface area (Å²) in [5, 5.41) is 12.7. The predicted molar refractivity (Wildman–Crippen MR) is 186 cm³/mol. The van der Waals surface area contributed by atoms with Gasteiger partial charge in [-0.15, -0.1) is 0 Å². The Labute approximate surface area is 278 Å². The second kappa shape index (κ2) is 13.6. The van der Waals surface area contributed by atoms with Gasteiger partial charge in [-0.25, -0.2) is 4.99 Å². The Morgan fingerprint density at radius 3 is 2.57 bits per heavy atom. The van der Waals surface area contributed by atoms with Crippen molar-refractivity contribution >= 4 is 67.1 Å². The first-order chi connectivity index (χ1) is 22.3. The Balaban J connectivity index is 1.28. The van der Waals surface area contributed by atoms with Gasteiger partial charge in [0, 0.05) is 35.8 Å². The monoisotopic (exact) mass is 696 g/mol. The van der Waals surface area contributed by atoms with E-state index in [1.165, 1.54) is 29.5 Å². The number of nitro benzene ring substituents is 1. The largest absolute Gasteiger partial charge is 0.493 e. The number of H-pyrrole nitrogens is 1. The summed E-state index contributed by atoms with van der Waals surface area (Å²) >= 11 is 4.89. The van der Waals surface area contributed by atoms with Crippen molar-refractivity contribution in [2.24, 2.45) is 4.99 Å². The number of non-ortho nitro benzene ring substituents is 1. The molecule has 1 aliphatic rings. The predicted octanol–water partition coefficient (Wildman–Crippen LogP) is 8.58. The maximum atomic E-state index is 13.9. The molecule has 0 atom stereocenters. The Hall–Kier alpha value is -4.87. The quantitative estimate of drug-likeness (QED) is 0.0890. The number of para-hydroxylation sites is 1. The van der Waals surface area contributed by atoms with Crippen LogP contribution in [0.25, 0.3) is 17.0 Å². The molecule has 0 spiro atoms. The summed E-state index contributed by atoms with van der Waals surface area (Å²) in [6, 6.07) is 25.8. The Morgan fingerprint density at radius 1 is 1.07 bits per heavy atom. The molecule has 11 heteroatoms. The first-order valence-corrected chi connectivity index (χ1v) is 16.1. The lowest BCUT2D eigenvalue weighted by atomic mass is 10.1. The number of aliphatic imine (C=N–C) groups is 1. The molecule has 1 fully saturated rings. The molecule has 232 valence electrons. The second-order valence-electron chi connectivity index (χ2n) is 10.7. The molecule has 1 amide bonds. The van der Waals surface area contributed by atoms with E-state index in [2.05, 4.69) is 27.0 Å². The molecule has 46 heavy (non-hydrogen) atoms. The summed E-state index contributed by atoms with van der Waals surface area (Å²) in [6.45, 7) is 2.81. The maximum absolute atomic E-state index is 13.9. The summed E-state index contributed by atoms with van der Waals surface area (Å²) in [7, 11) is 1.58. The van der Waals surface area contributed by atoms with Gasteiger partial charge < -0.3 is 14.5 Å². The summed E-state index contributed by atoms with van der Waals surface area (Å²) in [6.07, 6.45) is 4.38. The minimum Gasteiger partial charge on any atom is -0.493 e. The number of aromatic amines is 1. The average molecular weight is 698 g/mol. The molecule has 1 saturated heterocycles. The molecule has 0 saturated carbocycles. The summed E-state index contributed by atoms with van der Waals surface area (Å²) in [4.78, 5) is 34.7. The average Bonchev–Trinajstić information content (AvgIpc) is 3.60. The van der Waals surface area contributed by atoms with Crippen LogP contribution in [-0.4, -0.2) is 39.5 Å². The number of carbonyl (C=O) groups excluding carboxylic acids is 1. The molecular formula is C35H29BrN4O5S. The number of nitro groups is 1. The van der Waals surface area contributed by atoms with Crippen molar-refractivity contribution < 1.29 is 19.2 Å². The molecule has 2 heterocycles. The zero-order chi connectivity index (χ0) is 32.2. The van der Waals surface area contributed by atoms with Crippen LogP contribution in [0.1, 0.15) is 22.3 Å². The van der Waals surface area contributed by atoms with Crippen molar-refractivity contribution in [2.75, 3.05) is 13.7 Å². The molecule has 1 aromatic heterocycles. The van der Waals surface area contributed by atoms with Gasteiger partial charge in [0.2, 0.25) is 0 Å². The van der Waals surface area contributed by atoms with Crippen LogP contribution >= 0.6 is 27.7 Å². The van der Waals surface area contributed by atoms with Crippen molar-refractivity contribution in [2.45, 2.75) is 20.0 Å². The maximum Gasteiger partial charge on any atom is 0.269 e. The Bertz CT molecular complexity index is 1990. The molecule has 1 aliphatic heterocycles. The normalized spacial score (nSPS) is 14.8. The van der Waals surface area contributed by atoms with Gasteiger partial charge in [0.1, 0.15) is 6.61 Å². The molecule has 0 bridgehead atoms. The number of fused-ring (bicyclic) bond motifs is 1. The lowest BCUT2D eigenvalue weighted by Crippen LogP contribution is -2.31. The Kier molecular flexibility index (Phi) is 9.23. The number of methoxy groups -OCH3 is 1. The zero-order valence-corrected chi connectivity index (χ0v) is 27.4. The van der Waals surface area contributed by atoms with Gasteiger partial charge in [-0.1, -0.05) is 48.0 Å². The second-order valence-corrected chi connectivity index (χ2v) is 12.5. The number of halogens is 1. The van der Waals surface area contributed by atoms with Crippen molar-refractivity contribution in [3.63, 3.8) is 0 Å². The highest BCUT2D eigenvalue weighted by Crippen LogP contribution is 2.40. The highest BCUT2D eigenvalue weighted by Gasteiger charge is 2.33. The SMILES string of the molecule is COc1cc(/C=C2\SC(=Nc3ccc([N+](=O)[O-])cc3)N(CCc3c[nH]c4ccccc34)C2=O)cc(Br)c1OCc1ccc(C)cc1. The van der Waals surface area contributed by atoms with Crippen LogP contribution in [-0.2, 0) is 17.8 Å². The van der Waals surface area contributed by atoms with Crippen molar-refractivity contribution in [3.05, 3.63) is 133 Å². The van der Waals surface area contributed by atoms with Crippen LogP contribution in [0.2, 0.25) is 0 Å². The highest BCUT2D eigenvalue weighted by atomic mass is 79.9. The van der Waals surface area contributed by atoms with Crippen LogP contribution < -0.4 is 9.47 Å². The van der Waals surface area contributed by atoms with E-state index >= 15 is 0 Å². The van der Waals surface area contributed by atoms with Crippen molar-refractivity contribution in [1.82, 2.24) is 9.88 Å². The Morgan fingerprint density at radius 2 is 1.83 bits per heavy atom. The van der Waals surface area contributed by atoms with E-state index in [1.54, 1.807) is 30.2 Å². The molecule has 0 radical (unpaired) electrons. The van der Waals surface area contributed by atoms with Gasteiger partial charge in [0.15, 0.2) is 16.7 Å². The number of thioether (sulfide) groups is 1. The van der Waals surface area contributed by atoms with E-state index in [0.29, 0.717) is 51.3 Å². The third-order valence-corrected chi connectivity index (χ3v) is 9.10. The molecule has 4 aromatic carbocycles. The summed E-state index contributed by atoms with van der Waals surface area (Å²) in [5.74, 6) is 0.913. The number of hydrogen-bond acceptors (Lipinski definition) is 7. The molecule has 9 nitrogen and oxygen atoms in total. The lowest BCUT2D eigenvalue weighted by molar-refractivity contribution is -0.384. The number of amides is 1. The lowest BCUT2D eigenvalue weighted by Gasteiger charge is -2.15. The van der Waals surface area contributed by atoms with E-state index in [0.717, 1.165) is 27.6 Å². The number of nitrogens with zero attached hydrogens (tertiary/aromatic N) is 3. The highest BCUT2D eigenvalue weighted by molar-refractivity contribution is 9.10. The van der Waals surface area contributed by atoms with Crippen LogP contribution in [0.4, 0.5) is 11.4 Å². The fraction of sp³-hybridized carbons (Fsp3) is 0.143. The van der Waals surface area contributed by atoms with E-state index in [-0.39, 0.29) is 11.6 Å². The number of carbonyl (C=O) groups is 1. The van der Waals surface area contributed by atoms with E-state index in [1.807, 2.05) is 67.7 Å². The molecular weight excluding hydrogens is 668 g/mol. The minimum absolute atomic E-state index is 0.0262. The first-order valence-electron chi connectivity index (χ1n) is 14.4. The fourth-order valence-electron chi connectivity index (χ4n) is 5.07. The van der Waals surface area contributed by atoms with Gasteiger partial charge in [-0.05, 0) is 94.1 Å². The number of amidine groups is 1. The van der Waals surface area contributed by atoms with Gasteiger partial charge in [0.25, 0.3) is 11.6 Å². The van der Waals surface area contributed by atoms with E-state index in [4.69, 9.17) is 14.5 Å². The number of hydrogen-bond donors (Lipinski definition) is 1. The number of ether oxygens (including phenoxy) is 2. The summed E-state index contributed by atoms with van der Waals surface area (Å²) in [5.41, 5.74) is 5.57. The van der Waals surface area contributed by atoms with Crippen LogP contribution in [0.3, 0.4) is 0 Å². The van der Waals surface area contributed by atoms with Crippen molar-refractivity contribution in [3.8, 4) is 11.5 Å². The number of nitrogens with one attached hydrogen (secondary N) is 1. The standard InChI is InChI=1S/C35H29BrN4O5S/c1-22-7-9-23(10-8-22)21-45-33-29(36)17-24(18-31(33)44-2)19-32-34(41)39(16-15-25-20-37-30-6-4-3-5-28(25)30)35(46-32)38-26-11-13-27(14-12-26)40(42)43/h3-14,17-20,37H,15-16,21H2,1-2H3/b32-19-,38-35?. The molecule has 6 rings (SSSR count). The molecule has 0 aliphatic carbocycles. The van der Waals surface area contributed by atoms with E-state index in [9.17, 15) is 14.9 Å². The molecule has 1 N–H and O–H groups in total. The third-order valence-electron chi connectivity index (χ3n) is 7.51. The molecule has 0 unspecified atom stereocenters. The summed E-state index contributed by atoms with van der Waals surface area (Å²) < 4.78 is 12.5. The van der Waals surface area contributed by atoms with Crippen LogP contribution in [0.15, 0.2) is 105 Å². The number of rotatable bonds is 10. The fourth-order valence-corrected chi connectivity index (χ4v) is 6.67. The van der Waals surface area contributed by atoms with Gasteiger partial charge in [-0.3, -0.25) is 19.8 Å². The van der Waals surface area contributed by atoms with Crippen LogP contribution in [0.5, 0.6) is 11.5 Å². The van der Waals surface area contributed by atoms with Crippen LogP contribution in [0, 0.1) is 17.0 Å². The van der Waals surface area contributed by atoms with E-state index < -0.39 is 4.92 Å². The zero-order valence-electron chi connectivity index (χ0n) is 25.0. The first kappa shape index (κ1) is 31.1. The number of aryl methyl sites for hydroxylation is 1. The van der Waals surface area contributed by atoms with Gasteiger partial charge in [0.05, 0.1) is 27.1 Å².